The van der Waals surface area contributed by atoms with Crippen LogP contribution in [0, 0.1) is 0 Å². The lowest BCUT2D eigenvalue weighted by molar-refractivity contribution is 0.461. The third-order valence-electron chi connectivity index (χ3n) is 2.46. The van der Waals surface area contributed by atoms with Gasteiger partial charge in [0, 0.05) is 32.9 Å². The lowest BCUT2D eigenvalue weighted by Crippen LogP contribution is -2.12. The molecule has 19 heavy (non-hydrogen) atoms. The number of halogens is 1. The Morgan fingerprint density at radius 1 is 1.32 bits per heavy atom. The van der Waals surface area contributed by atoms with Crippen molar-refractivity contribution < 1.29 is 4.74 Å². The summed E-state index contributed by atoms with van der Waals surface area (Å²) in [6, 6.07) is 7.11. The highest BCUT2D eigenvalue weighted by Crippen LogP contribution is 2.29. The van der Waals surface area contributed by atoms with Gasteiger partial charge in [0.15, 0.2) is 0 Å². The molecule has 0 aliphatic rings. The molecule has 2 rings (SSSR count). The van der Waals surface area contributed by atoms with Crippen LogP contribution in [0.15, 0.2) is 30.5 Å². The highest BCUT2D eigenvalue weighted by atomic mass is 35.5. The molecule has 5 nitrogen and oxygen atoms in total. The fourth-order valence-corrected chi connectivity index (χ4v) is 1.71. The van der Waals surface area contributed by atoms with E-state index in [0.29, 0.717) is 29.1 Å². The van der Waals surface area contributed by atoms with Gasteiger partial charge in [0.1, 0.15) is 5.75 Å². The molecule has 0 saturated heterocycles. The van der Waals surface area contributed by atoms with Crippen LogP contribution in [0.25, 0.3) is 0 Å². The third-order valence-corrected chi connectivity index (χ3v) is 2.76. The Labute approximate surface area is 117 Å². The van der Waals surface area contributed by atoms with Crippen LogP contribution in [-0.2, 0) is 6.54 Å². The number of hydrogen-bond donors (Lipinski definition) is 1. The quantitative estimate of drug-likeness (QED) is 0.931. The van der Waals surface area contributed by atoms with Crippen molar-refractivity contribution in [3.63, 3.8) is 0 Å². The predicted octanol–water partition coefficient (Wildman–Crippen LogP) is 2.45. The summed E-state index contributed by atoms with van der Waals surface area (Å²) in [6.45, 7) is 0.443. The Balaban J connectivity index is 2.23. The summed E-state index contributed by atoms with van der Waals surface area (Å²) in [6.07, 6.45) is 1.64. The molecule has 0 spiro atoms. The van der Waals surface area contributed by atoms with Crippen LogP contribution < -0.4 is 15.4 Å². The average molecular weight is 279 g/mol. The molecule has 0 amide bonds. The van der Waals surface area contributed by atoms with Gasteiger partial charge in [-0.25, -0.2) is 4.98 Å². The zero-order valence-electron chi connectivity index (χ0n) is 10.8. The van der Waals surface area contributed by atoms with Gasteiger partial charge in [-0.2, -0.15) is 4.98 Å². The van der Waals surface area contributed by atoms with Crippen LogP contribution in [-0.4, -0.2) is 24.1 Å². The first-order valence-corrected chi connectivity index (χ1v) is 6.14. The maximum Gasteiger partial charge on any atom is 0.228 e. The Hall–Kier alpha value is -1.85. The van der Waals surface area contributed by atoms with Crippen molar-refractivity contribution in [2.45, 2.75) is 6.54 Å². The van der Waals surface area contributed by atoms with E-state index in [2.05, 4.69) is 9.97 Å². The third kappa shape index (κ3) is 3.33. The molecule has 2 N–H and O–H groups in total. The van der Waals surface area contributed by atoms with Gasteiger partial charge in [0.25, 0.3) is 0 Å². The van der Waals surface area contributed by atoms with Gasteiger partial charge in [0.05, 0.1) is 5.02 Å². The lowest BCUT2D eigenvalue weighted by atomic mass is 10.2. The van der Waals surface area contributed by atoms with Crippen LogP contribution in [0.5, 0.6) is 11.6 Å². The fourth-order valence-electron chi connectivity index (χ4n) is 1.47. The lowest BCUT2D eigenvalue weighted by Gasteiger charge is -2.12. The summed E-state index contributed by atoms with van der Waals surface area (Å²) in [5.41, 5.74) is 6.50. The Bertz CT molecular complexity index is 574. The van der Waals surface area contributed by atoms with Crippen molar-refractivity contribution in [1.29, 1.82) is 0 Å². The predicted molar refractivity (Wildman–Crippen MR) is 75.8 cm³/mol. The standard InChI is InChI=1S/C13H15ClN4O/c1-18(2)13-16-6-5-12(17-13)19-11-4-3-9(8-15)7-10(11)14/h3-7H,8,15H2,1-2H3. The van der Waals surface area contributed by atoms with Crippen molar-refractivity contribution in [1.82, 2.24) is 9.97 Å². The monoisotopic (exact) mass is 278 g/mol. The Morgan fingerprint density at radius 3 is 2.74 bits per heavy atom. The highest BCUT2D eigenvalue weighted by Gasteiger charge is 2.07. The first-order chi connectivity index (χ1) is 9.10. The van der Waals surface area contributed by atoms with Crippen LogP contribution in [0.1, 0.15) is 5.56 Å². The van der Waals surface area contributed by atoms with Crippen LogP contribution in [0.4, 0.5) is 5.95 Å². The second-order valence-electron chi connectivity index (χ2n) is 4.16. The molecule has 0 fully saturated rings. The number of hydrogen-bond acceptors (Lipinski definition) is 5. The number of nitrogens with two attached hydrogens (primary N) is 1. The smallest absolute Gasteiger partial charge is 0.228 e. The summed E-state index contributed by atoms with van der Waals surface area (Å²) >= 11 is 6.13. The summed E-state index contributed by atoms with van der Waals surface area (Å²) < 4.78 is 5.65. The molecule has 1 aromatic carbocycles. The van der Waals surface area contributed by atoms with Crippen molar-refractivity contribution >= 4 is 17.5 Å². The number of aromatic nitrogens is 2. The number of nitrogens with zero attached hydrogens (tertiary/aromatic N) is 3. The van der Waals surface area contributed by atoms with Gasteiger partial charge in [-0.15, -0.1) is 0 Å². The molecule has 0 saturated carbocycles. The molecule has 0 bridgehead atoms. The molecular formula is C13H15ClN4O. The molecule has 1 heterocycles. The highest BCUT2D eigenvalue weighted by molar-refractivity contribution is 6.32. The fraction of sp³-hybridized carbons (Fsp3) is 0.231. The van der Waals surface area contributed by atoms with Gasteiger partial charge < -0.3 is 15.4 Å². The first-order valence-electron chi connectivity index (χ1n) is 5.77. The molecule has 0 aliphatic heterocycles. The number of benzene rings is 1. The van der Waals surface area contributed by atoms with E-state index in [0.717, 1.165) is 5.56 Å². The van der Waals surface area contributed by atoms with Gasteiger partial charge in [-0.3, -0.25) is 0 Å². The van der Waals surface area contributed by atoms with Crippen LogP contribution in [0.2, 0.25) is 5.02 Å². The number of rotatable bonds is 4. The van der Waals surface area contributed by atoms with Gasteiger partial charge in [-0.05, 0) is 17.7 Å². The summed E-state index contributed by atoms with van der Waals surface area (Å²) in [4.78, 5) is 10.2. The van der Waals surface area contributed by atoms with Crippen molar-refractivity contribution in [2.24, 2.45) is 5.73 Å². The maximum atomic E-state index is 6.13. The first kappa shape index (κ1) is 13.6. The molecule has 100 valence electrons. The second-order valence-corrected chi connectivity index (χ2v) is 4.57. The van der Waals surface area contributed by atoms with E-state index >= 15 is 0 Å². The molecule has 0 aliphatic carbocycles. The van der Waals surface area contributed by atoms with E-state index in [-0.39, 0.29) is 0 Å². The van der Waals surface area contributed by atoms with Gasteiger partial charge in [-0.1, -0.05) is 17.7 Å². The number of anilines is 1. The normalized spacial score (nSPS) is 10.3. The summed E-state index contributed by atoms with van der Waals surface area (Å²) in [5, 5.41) is 0.507. The van der Waals surface area contributed by atoms with Crippen LogP contribution >= 0.6 is 11.6 Å². The molecule has 2 aromatic rings. The van der Waals surface area contributed by atoms with Gasteiger partial charge >= 0.3 is 0 Å². The van der Waals surface area contributed by atoms with Crippen molar-refractivity contribution in [2.75, 3.05) is 19.0 Å². The SMILES string of the molecule is CN(C)c1nccc(Oc2ccc(CN)cc2Cl)n1. The van der Waals surface area contributed by atoms with E-state index < -0.39 is 0 Å². The van der Waals surface area contributed by atoms with Crippen LogP contribution in [0.3, 0.4) is 0 Å². The molecule has 0 radical (unpaired) electrons. The maximum absolute atomic E-state index is 6.13. The van der Waals surface area contributed by atoms with Crippen molar-refractivity contribution in [3.05, 3.63) is 41.0 Å². The Kier molecular flexibility index (Phi) is 4.19. The minimum absolute atomic E-state index is 0.443. The molecule has 0 atom stereocenters. The molecule has 1 aromatic heterocycles. The summed E-state index contributed by atoms with van der Waals surface area (Å²) in [5.74, 6) is 1.57. The number of ether oxygens (including phenoxy) is 1. The molecular weight excluding hydrogens is 264 g/mol. The van der Waals surface area contributed by atoms with E-state index in [4.69, 9.17) is 22.1 Å². The second kappa shape index (κ2) is 5.86. The topological polar surface area (TPSA) is 64.3 Å². The zero-order chi connectivity index (χ0) is 13.8. The molecule has 6 heteroatoms. The van der Waals surface area contributed by atoms with E-state index in [1.54, 1.807) is 29.3 Å². The van der Waals surface area contributed by atoms with Gasteiger partial charge in [0.2, 0.25) is 11.8 Å². The minimum Gasteiger partial charge on any atom is -0.437 e. The minimum atomic E-state index is 0.443. The zero-order valence-corrected chi connectivity index (χ0v) is 11.6. The Morgan fingerprint density at radius 2 is 2.11 bits per heavy atom. The van der Waals surface area contributed by atoms with E-state index in [9.17, 15) is 0 Å². The van der Waals surface area contributed by atoms with E-state index in [1.807, 2.05) is 20.2 Å². The molecule has 0 unspecified atom stereocenters. The van der Waals surface area contributed by atoms with E-state index in [1.165, 1.54) is 0 Å². The summed E-state index contributed by atoms with van der Waals surface area (Å²) in [7, 11) is 3.73. The largest absolute Gasteiger partial charge is 0.437 e. The average Bonchev–Trinajstić information content (AvgIpc) is 2.41. The van der Waals surface area contributed by atoms with Crippen molar-refractivity contribution in [3.8, 4) is 11.6 Å².